The van der Waals surface area contributed by atoms with Crippen LogP contribution in [0.25, 0.3) is 0 Å². The second-order valence-corrected chi connectivity index (χ2v) is 7.37. The summed E-state index contributed by atoms with van der Waals surface area (Å²) in [6.45, 7) is 2.38. The molecule has 2 N–H and O–H groups in total. The Bertz CT molecular complexity index is 931. The number of anilines is 2. The highest BCUT2D eigenvalue weighted by molar-refractivity contribution is 7.15. The van der Waals surface area contributed by atoms with Crippen molar-refractivity contribution in [2.24, 2.45) is 0 Å². The molecule has 6 nitrogen and oxygen atoms in total. The van der Waals surface area contributed by atoms with Gasteiger partial charge in [0.2, 0.25) is 5.13 Å². The minimum Gasteiger partial charge on any atom is -0.486 e. The lowest BCUT2D eigenvalue weighted by atomic mass is 10.2. The molecule has 0 aliphatic heterocycles. The number of carbonyl (C=O) groups excluding carboxylic acids is 1. The third-order valence-electron chi connectivity index (χ3n) is 3.56. The van der Waals surface area contributed by atoms with Crippen LogP contribution in [0.1, 0.15) is 17.5 Å². The van der Waals surface area contributed by atoms with E-state index < -0.39 is 6.03 Å². The van der Waals surface area contributed by atoms with Gasteiger partial charge < -0.3 is 10.1 Å². The number of aromatic nitrogens is 2. The third kappa shape index (κ3) is 5.56. The number of urea groups is 1. The minimum absolute atomic E-state index is 0.277. The summed E-state index contributed by atoms with van der Waals surface area (Å²) >= 11 is 13.0. The fourth-order valence-electron chi connectivity index (χ4n) is 2.16. The number of halogens is 2. The maximum Gasteiger partial charge on any atom is 0.325 e. The van der Waals surface area contributed by atoms with Crippen LogP contribution in [0.15, 0.2) is 42.5 Å². The van der Waals surface area contributed by atoms with Crippen molar-refractivity contribution in [1.29, 1.82) is 0 Å². The Morgan fingerprint density at radius 1 is 1.07 bits per heavy atom. The van der Waals surface area contributed by atoms with Gasteiger partial charge in [0, 0.05) is 5.69 Å². The van der Waals surface area contributed by atoms with Crippen LogP contribution in [0.5, 0.6) is 5.75 Å². The maximum atomic E-state index is 12.0. The molecule has 0 aliphatic carbocycles. The molecule has 3 aromatic rings. The van der Waals surface area contributed by atoms with Crippen LogP contribution >= 0.6 is 34.5 Å². The topological polar surface area (TPSA) is 76.1 Å². The standard InChI is InChI=1S/C18H16Cl2N4O2S/c1-2-11-3-6-13(7-4-11)26-10-16-23-24-18(27-16)22-17(25)21-12-5-8-14(19)15(20)9-12/h3-9H,2,10H2,1H3,(H2,21,22,24,25). The van der Waals surface area contributed by atoms with Crippen LogP contribution in [0.4, 0.5) is 15.6 Å². The molecule has 140 valence electrons. The second kappa shape index (κ2) is 9.03. The van der Waals surface area contributed by atoms with Gasteiger partial charge in [-0.2, -0.15) is 0 Å². The van der Waals surface area contributed by atoms with Gasteiger partial charge in [0.25, 0.3) is 0 Å². The van der Waals surface area contributed by atoms with Crippen molar-refractivity contribution >= 4 is 51.4 Å². The van der Waals surface area contributed by atoms with Crippen molar-refractivity contribution in [2.75, 3.05) is 10.6 Å². The van der Waals surface area contributed by atoms with Crippen LogP contribution in [0.3, 0.4) is 0 Å². The van der Waals surface area contributed by atoms with Gasteiger partial charge in [-0.1, -0.05) is 53.6 Å². The summed E-state index contributed by atoms with van der Waals surface area (Å²) in [5.74, 6) is 0.759. The molecule has 0 saturated carbocycles. The molecular weight excluding hydrogens is 407 g/mol. The first kappa shape index (κ1) is 19.4. The lowest BCUT2D eigenvalue weighted by Gasteiger charge is -2.06. The smallest absolute Gasteiger partial charge is 0.325 e. The highest BCUT2D eigenvalue weighted by Gasteiger charge is 2.10. The molecule has 9 heteroatoms. The number of nitrogens with zero attached hydrogens (tertiary/aromatic N) is 2. The molecule has 0 atom stereocenters. The molecule has 0 bridgehead atoms. The monoisotopic (exact) mass is 422 g/mol. The van der Waals surface area contributed by atoms with E-state index >= 15 is 0 Å². The van der Waals surface area contributed by atoms with E-state index in [-0.39, 0.29) is 6.61 Å². The van der Waals surface area contributed by atoms with Gasteiger partial charge >= 0.3 is 6.03 Å². The van der Waals surface area contributed by atoms with Crippen molar-refractivity contribution in [1.82, 2.24) is 10.2 Å². The summed E-state index contributed by atoms with van der Waals surface area (Å²) in [5.41, 5.74) is 1.77. The molecule has 1 aromatic heterocycles. The van der Waals surface area contributed by atoms with E-state index in [0.717, 1.165) is 12.2 Å². The summed E-state index contributed by atoms with van der Waals surface area (Å²) in [6, 6.07) is 12.3. The number of carbonyl (C=O) groups is 1. The Morgan fingerprint density at radius 3 is 2.56 bits per heavy atom. The molecule has 0 fully saturated rings. The number of aryl methyl sites for hydroxylation is 1. The van der Waals surface area contributed by atoms with Crippen LogP contribution in [-0.4, -0.2) is 16.2 Å². The van der Waals surface area contributed by atoms with Crippen molar-refractivity contribution in [2.45, 2.75) is 20.0 Å². The van der Waals surface area contributed by atoms with Gasteiger partial charge in [0.1, 0.15) is 12.4 Å². The Hall–Kier alpha value is -2.35. The fraction of sp³-hybridized carbons (Fsp3) is 0.167. The summed E-state index contributed by atoms with van der Waals surface area (Å²) in [4.78, 5) is 12.0. The van der Waals surface area contributed by atoms with Gasteiger partial charge in [-0.15, -0.1) is 10.2 Å². The molecule has 0 spiro atoms. The van der Waals surface area contributed by atoms with Crippen molar-refractivity contribution in [3.05, 3.63) is 63.1 Å². The largest absolute Gasteiger partial charge is 0.486 e. The van der Waals surface area contributed by atoms with Gasteiger partial charge in [-0.25, -0.2) is 4.79 Å². The summed E-state index contributed by atoms with van der Waals surface area (Å²) < 4.78 is 5.68. The number of ether oxygens (including phenoxy) is 1. The first-order valence-electron chi connectivity index (χ1n) is 8.10. The van der Waals surface area contributed by atoms with E-state index in [2.05, 4.69) is 27.8 Å². The lowest BCUT2D eigenvalue weighted by Crippen LogP contribution is -2.19. The molecule has 0 radical (unpaired) electrons. The Kier molecular flexibility index (Phi) is 6.49. The molecular formula is C18H16Cl2N4O2S. The highest BCUT2D eigenvalue weighted by atomic mass is 35.5. The van der Waals surface area contributed by atoms with Crippen LogP contribution in [0.2, 0.25) is 10.0 Å². The van der Waals surface area contributed by atoms with Crippen molar-refractivity contribution < 1.29 is 9.53 Å². The number of hydrogen-bond acceptors (Lipinski definition) is 5. The molecule has 0 aliphatic rings. The van der Waals surface area contributed by atoms with Crippen LogP contribution < -0.4 is 15.4 Å². The number of hydrogen-bond donors (Lipinski definition) is 2. The molecule has 0 saturated heterocycles. The van der Waals surface area contributed by atoms with Crippen LogP contribution in [-0.2, 0) is 13.0 Å². The molecule has 27 heavy (non-hydrogen) atoms. The number of rotatable bonds is 6. The van der Waals surface area contributed by atoms with E-state index in [1.165, 1.54) is 16.9 Å². The van der Waals surface area contributed by atoms with E-state index in [9.17, 15) is 4.79 Å². The van der Waals surface area contributed by atoms with Crippen molar-refractivity contribution in [3.8, 4) is 5.75 Å². The molecule has 1 heterocycles. The minimum atomic E-state index is -0.452. The summed E-state index contributed by atoms with van der Waals surface area (Å²) in [5, 5.41) is 15.0. The van der Waals surface area contributed by atoms with Crippen molar-refractivity contribution in [3.63, 3.8) is 0 Å². The average Bonchev–Trinajstić information content (AvgIpc) is 3.10. The number of benzene rings is 2. The van der Waals surface area contributed by atoms with Gasteiger partial charge in [-0.3, -0.25) is 5.32 Å². The number of amides is 2. The van der Waals surface area contributed by atoms with Gasteiger partial charge in [0.05, 0.1) is 10.0 Å². The summed E-state index contributed by atoms with van der Waals surface area (Å²) in [6.07, 6.45) is 0.982. The zero-order valence-electron chi connectivity index (χ0n) is 14.3. The predicted octanol–water partition coefficient (Wildman–Crippen LogP) is 5.63. The zero-order chi connectivity index (χ0) is 19.2. The molecule has 2 amide bonds. The van der Waals surface area contributed by atoms with E-state index in [1.807, 2.05) is 24.3 Å². The maximum absolute atomic E-state index is 12.0. The van der Waals surface area contributed by atoms with Crippen LogP contribution in [0, 0.1) is 0 Å². The Balaban J connectivity index is 1.52. The number of nitrogens with one attached hydrogen (secondary N) is 2. The predicted molar refractivity (Wildman–Crippen MR) is 109 cm³/mol. The SMILES string of the molecule is CCc1ccc(OCc2nnc(NC(=O)Nc3ccc(Cl)c(Cl)c3)s2)cc1. The van der Waals surface area contributed by atoms with E-state index in [0.29, 0.717) is 25.9 Å². The Morgan fingerprint density at radius 2 is 1.85 bits per heavy atom. The van der Waals surface area contributed by atoms with Gasteiger partial charge in [-0.05, 0) is 42.3 Å². The Labute approximate surface area is 170 Å². The molecule has 2 aromatic carbocycles. The first-order valence-corrected chi connectivity index (χ1v) is 9.68. The molecule has 0 unspecified atom stereocenters. The second-order valence-electron chi connectivity index (χ2n) is 5.50. The average molecular weight is 423 g/mol. The van der Waals surface area contributed by atoms with E-state index in [1.54, 1.807) is 18.2 Å². The summed E-state index contributed by atoms with van der Waals surface area (Å²) in [7, 11) is 0. The van der Waals surface area contributed by atoms with Gasteiger partial charge in [0.15, 0.2) is 5.01 Å². The quantitative estimate of drug-likeness (QED) is 0.539. The fourth-order valence-corrected chi connectivity index (χ4v) is 3.11. The third-order valence-corrected chi connectivity index (χ3v) is 5.11. The lowest BCUT2D eigenvalue weighted by molar-refractivity contribution is 0.262. The normalized spacial score (nSPS) is 10.5. The van der Waals surface area contributed by atoms with E-state index in [4.69, 9.17) is 27.9 Å². The zero-order valence-corrected chi connectivity index (χ0v) is 16.7. The molecule has 3 rings (SSSR count). The highest BCUT2D eigenvalue weighted by Crippen LogP contribution is 2.25. The first-order chi connectivity index (χ1) is 13.0.